The molecule has 0 saturated carbocycles. The molecule has 1 heterocycles. The number of nitrogens with one attached hydrogen (secondary N) is 1. The van der Waals surface area contributed by atoms with Gasteiger partial charge in [-0.05, 0) is 35.9 Å². The highest BCUT2D eigenvalue weighted by molar-refractivity contribution is 8.15. The van der Waals surface area contributed by atoms with Crippen molar-refractivity contribution in [3.63, 3.8) is 0 Å². The normalized spacial score (nSPS) is 17.9. The molecule has 1 aliphatic rings. The first-order chi connectivity index (χ1) is 13.4. The average Bonchev–Trinajstić information content (AvgIpc) is 2.93. The van der Waals surface area contributed by atoms with E-state index >= 15 is 0 Å². The first-order valence-corrected chi connectivity index (χ1v) is 9.57. The lowest BCUT2D eigenvalue weighted by Crippen LogP contribution is -2.26. The fourth-order valence-corrected chi connectivity index (χ4v) is 3.70. The molecule has 1 aliphatic heterocycles. The minimum Gasteiger partial charge on any atom is -0.481 e. The van der Waals surface area contributed by atoms with E-state index in [1.54, 1.807) is 42.5 Å². The van der Waals surface area contributed by atoms with Gasteiger partial charge in [-0.1, -0.05) is 47.1 Å². The summed E-state index contributed by atoms with van der Waals surface area (Å²) in [5, 5.41) is 19.6. The zero-order valence-corrected chi connectivity index (χ0v) is 16.5. The molecule has 3 rings (SSSR count). The summed E-state index contributed by atoms with van der Waals surface area (Å²) in [4.78, 5) is 22.4. The van der Waals surface area contributed by atoms with Crippen LogP contribution in [0.2, 0.25) is 10.0 Å². The van der Waals surface area contributed by atoms with Crippen LogP contribution < -0.4 is 10.1 Å². The summed E-state index contributed by atoms with van der Waals surface area (Å²) in [5.41, 5.74) is 0.714. The highest BCUT2D eigenvalue weighted by Gasteiger charge is 2.32. The van der Waals surface area contributed by atoms with E-state index in [1.807, 2.05) is 0 Å². The molecular formula is C18H13Cl2N3O4S. The van der Waals surface area contributed by atoms with E-state index in [2.05, 4.69) is 15.5 Å². The van der Waals surface area contributed by atoms with Gasteiger partial charge < -0.3 is 15.2 Å². The van der Waals surface area contributed by atoms with E-state index in [0.29, 0.717) is 27.1 Å². The zero-order chi connectivity index (χ0) is 20.1. The number of thioether (sulfide) groups is 1. The van der Waals surface area contributed by atoms with Gasteiger partial charge in [-0.15, -0.1) is 5.10 Å². The predicted octanol–water partition coefficient (Wildman–Crippen LogP) is 4.18. The van der Waals surface area contributed by atoms with Crippen LogP contribution in [0.15, 0.2) is 52.7 Å². The van der Waals surface area contributed by atoms with Crippen LogP contribution in [0.1, 0.15) is 12.0 Å². The molecule has 0 aliphatic carbocycles. The van der Waals surface area contributed by atoms with Gasteiger partial charge in [0.25, 0.3) is 0 Å². The van der Waals surface area contributed by atoms with E-state index in [-0.39, 0.29) is 11.6 Å². The second-order valence-corrected chi connectivity index (χ2v) is 7.69. The summed E-state index contributed by atoms with van der Waals surface area (Å²) in [6.45, 7) is 0. The Hall–Kier alpha value is -2.55. The number of carboxylic acid groups (broad SMARTS) is 1. The molecule has 0 spiro atoms. The van der Waals surface area contributed by atoms with Crippen molar-refractivity contribution in [2.75, 3.05) is 0 Å². The van der Waals surface area contributed by atoms with Crippen LogP contribution >= 0.6 is 35.0 Å². The van der Waals surface area contributed by atoms with Crippen molar-refractivity contribution in [3.05, 3.63) is 58.1 Å². The fourth-order valence-electron chi connectivity index (χ4n) is 2.28. The molecule has 2 aromatic rings. The predicted molar refractivity (Wildman–Crippen MR) is 110 cm³/mol. The molecule has 2 N–H and O–H groups in total. The average molecular weight is 438 g/mol. The zero-order valence-electron chi connectivity index (χ0n) is 14.1. The molecule has 1 fully saturated rings. The van der Waals surface area contributed by atoms with E-state index < -0.39 is 17.1 Å². The van der Waals surface area contributed by atoms with Gasteiger partial charge in [-0.3, -0.25) is 9.59 Å². The molecule has 2 aromatic carbocycles. The van der Waals surface area contributed by atoms with Crippen molar-refractivity contribution < 1.29 is 19.4 Å². The van der Waals surface area contributed by atoms with Crippen molar-refractivity contribution in [1.29, 1.82) is 0 Å². The Morgan fingerprint density at radius 1 is 1.21 bits per heavy atom. The van der Waals surface area contributed by atoms with Crippen molar-refractivity contribution >= 4 is 58.2 Å². The van der Waals surface area contributed by atoms with Gasteiger partial charge in [0.2, 0.25) is 5.91 Å². The molecule has 0 aromatic heterocycles. The first-order valence-electron chi connectivity index (χ1n) is 7.93. The number of carboxylic acids is 1. The number of benzene rings is 2. The van der Waals surface area contributed by atoms with Gasteiger partial charge in [0.1, 0.15) is 16.7 Å². The number of aliphatic carboxylic acids is 1. The Labute approximate surface area is 174 Å². The lowest BCUT2D eigenvalue weighted by molar-refractivity contribution is -0.138. The standard InChI is InChI=1S/C18H13Cl2N3O4S/c19-11-5-12(20)7-14(6-11)27-13-3-1-2-10(4-13)9-21-23-18-22-17(26)15(28-18)8-16(24)25/h1-7,9,15H,8H2,(H,24,25)(H,22,23,26). The summed E-state index contributed by atoms with van der Waals surface area (Å²) < 4.78 is 5.74. The Morgan fingerprint density at radius 3 is 2.68 bits per heavy atom. The van der Waals surface area contributed by atoms with Gasteiger partial charge >= 0.3 is 5.97 Å². The number of amides is 1. The minimum absolute atomic E-state index is 0.258. The molecule has 28 heavy (non-hydrogen) atoms. The maximum absolute atomic E-state index is 11.7. The molecule has 1 atom stereocenters. The van der Waals surface area contributed by atoms with Crippen molar-refractivity contribution in [3.8, 4) is 11.5 Å². The molecule has 1 unspecified atom stereocenters. The number of hydrogen-bond donors (Lipinski definition) is 2. The topological polar surface area (TPSA) is 100 Å². The van der Waals surface area contributed by atoms with Gasteiger partial charge in [-0.2, -0.15) is 5.10 Å². The summed E-state index contributed by atoms with van der Waals surface area (Å²) >= 11 is 13.0. The number of amidine groups is 1. The summed E-state index contributed by atoms with van der Waals surface area (Å²) in [5.74, 6) is -0.381. The summed E-state index contributed by atoms with van der Waals surface area (Å²) in [7, 11) is 0. The molecule has 0 radical (unpaired) electrons. The first kappa shape index (κ1) is 20.2. The van der Waals surface area contributed by atoms with E-state index in [4.69, 9.17) is 33.0 Å². The Bertz CT molecular complexity index is 961. The Morgan fingerprint density at radius 2 is 1.96 bits per heavy atom. The van der Waals surface area contributed by atoms with Crippen LogP contribution in [0, 0.1) is 0 Å². The number of rotatable bonds is 6. The summed E-state index contributed by atoms with van der Waals surface area (Å²) in [6.07, 6.45) is 1.22. The number of carbonyl (C=O) groups excluding carboxylic acids is 1. The van der Waals surface area contributed by atoms with Gasteiger partial charge in [0.05, 0.1) is 12.6 Å². The van der Waals surface area contributed by atoms with Crippen LogP contribution in [0.3, 0.4) is 0 Å². The van der Waals surface area contributed by atoms with Gasteiger partial charge in [0, 0.05) is 10.0 Å². The van der Waals surface area contributed by atoms with Crippen LogP contribution in [0.4, 0.5) is 0 Å². The van der Waals surface area contributed by atoms with E-state index in [0.717, 1.165) is 11.8 Å². The lowest BCUT2D eigenvalue weighted by Gasteiger charge is -2.07. The monoisotopic (exact) mass is 437 g/mol. The fraction of sp³-hybridized carbons (Fsp3) is 0.111. The smallest absolute Gasteiger partial charge is 0.305 e. The molecule has 1 saturated heterocycles. The van der Waals surface area contributed by atoms with Gasteiger partial charge in [-0.25, -0.2) is 0 Å². The van der Waals surface area contributed by atoms with Crippen molar-refractivity contribution in [2.24, 2.45) is 10.2 Å². The maximum atomic E-state index is 11.7. The molecule has 7 nitrogen and oxygen atoms in total. The van der Waals surface area contributed by atoms with E-state index in [1.165, 1.54) is 6.21 Å². The van der Waals surface area contributed by atoms with Crippen LogP contribution in [-0.2, 0) is 9.59 Å². The largest absolute Gasteiger partial charge is 0.481 e. The molecule has 10 heteroatoms. The minimum atomic E-state index is -1.05. The highest BCUT2D eigenvalue weighted by atomic mass is 35.5. The number of halogens is 2. The Kier molecular flexibility index (Phi) is 6.56. The van der Waals surface area contributed by atoms with Crippen LogP contribution in [0.25, 0.3) is 0 Å². The van der Waals surface area contributed by atoms with Crippen LogP contribution in [0.5, 0.6) is 11.5 Å². The van der Waals surface area contributed by atoms with Crippen molar-refractivity contribution in [2.45, 2.75) is 11.7 Å². The Balaban J connectivity index is 1.66. The SMILES string of the molecule is O=C(O)CC1SC(=NN=Cc2cccc(Oc3cc(Cl)cc(Cl)c3)c2)NC1=O. The second-order valence-electron chi connectivity index (χ2n) is 5.62. The number of carbonyl (C=O) groups is 2. The molecule has 0 bridgehead atoms. The molecular weight excluding hydrogens is 425 g/mol. The highest BCUT2D eigenvalue weighted by Crippen LogP contribution is 2.28. The van der Waals surface area contributed by atoms with Gasteiger partial charge in [0.15, 0.2) is 5.17 Å². The van der Waals surface area contributed by atoms with Crippen molar-refractivity contribution in [1.82, 2.24) is 5.32 Å². The third-order valence-electron chi connectivity index (χ3n) is 3.42. The van der Waals surface area contributed by atoms with E-state index in [9.17, 15) is 9.59 Å². The third kappa shape index (κ3) is 5.72. The maximum Gasteiger partial charge on any atom is 0.305 e. The molecule has 1 amide bonds. The third-order valence-corrected chi connectivity index (χ3v) is 4.93. The van der Waals surface area contributed by atoms with Crippen LogP contribution in [-0.4, -0.2) is 33.6 Å². The number of ether oxygens (including phenoxy) is 1. The summed E-state index contributed by atoms with van der Waals surface area (Å²) in [6, 6.07) is 12.0. The lowest BCUT2D eigenvalue weighted by atomic mass is 10.2. The number of nitrogens with zero attached hydrogens (tertiary/aromatic N) is 2. The second kappa shape index (κ2) is 9.09. The quantitative estimate of drug-likeness (QED) is 0.521. The molecule has 144 valence electrons. The number of hydrogen-bond acceptors (Lipinski definition) is 6.